The van der Waals surface area contributed by atoms with Crippen molar-refractivity contribution in [2.45, 2.75) is 6.43 Å². The van der Waals surface area contributed by atoms with E-state index in [1.165, 1.54) is 0 Å². The molecule has 1 aromatic rings. The summed E-state index contributed by atoms with van der Waals surface area (Å²) < 4.78 is 24.2. The Labute approximate surface area is 80.5 Å². The fraction of sp³-hybridized carbons (Fsp3) is 0.167. The first-order valence-corrected chi connectivity index (χ1v) is 3.66. The summed E-state index contributed by atoms with van der Waals surface area (Å²) in [5.41, 5.74) is -2.12. The Hall–Kier alpha value is -1.50. The van der Waals surface area contributed by atoms with Crippen molar-refractivity contribution in [3.63, 3.8) is 0 Å². The number of alkyl halides is 2. The van der Waals surface area contributed by atoms with Crippen LogP contribution in [-0.2, 0) is 0 Å². The summed E-state index contributed by atoms with van der Waals surface area (Å²) in [5.74, 6) is -0.791. The molecule has 1 aromatic heterocycles. The van der Waals surface area contributed by atoms with Crippen molar-refractivity contribution in [2.75, 3.05) is 0 Å². The number of hydrogen-bond acceptors (Lipinski definition) is 3. The highest BCUT2D eigenvalue weighted by Gasteiger charge is 2.22. The van der Waals surface area contributed by atoms with E-state index in [-0.39, 0.29) is 0 Å². The van der Waals surface area contributed by atoms with Gasteiger partial charge < -0.3 is 10.1 Å². The third-order valence-electron chi connectivity index (χ3n) is 1.45. The zero-order valence-electron chi connectivity index (χ0n) is 6.46. The van der Waals surface area contributed by atoms with E-state index in [0.717, 1.165) is 0 Å². The third kappa shape index (κ3) is 1.72. The summed E-state index contributed by atoms with van der Waals surface area (Å²) >= 11 is 5.22. The minimum absolute atomic E-state index is 0.580. The van der Waals surface area contributed by atoms with E-state index >= 15 is 0 Å². The van der Waals surface area contributed by atoms with Gasteiger partial charge >= 0.3 is 5.82 Å². The Morgan fingerprint density at radius 3 is 2.57 bits per heavy atom. The van der Waals surface area contributed by atoms with Crippen molar-refractivity contribution in [3.05, 3.63) is 37.1 Å². The molecule has 1 N–H and O–H groups in total. The van der Waals surface area contributed by atoms with Crippen molar-refractivity contribution in [2.24, 2.45) is 0 Å². The van der Waals surface area contributed by atoms with Crippen molar-refractivity contribution >= 4 is 17.4 Å². The molecule has 0 saturated heterocycles. The first-order valence-electron chi connectivity index (χ1n) is 3.28. The van der Waals surface area contributed by atoms with Crippen molar-refractivity contribution in [1.29, 1.82) is 0 Å². The molecule has 0 aromatic carbocycles. The summed E-state index contributed by atoms with van der Waals surface area (Å²) in [7, 11) is 0. The molecule has 0 bridgehead atoms. The maximum absolute atomic E-state index is 12.1. The smallest absolute Gasteiger partial charge is 0.343 e. The van der Waals surface area contributed by atoms with Gasteiger partial charge in [-0.3, -0.25) is 4.79 Å². The summed E-state index contributed by atoms with van der Waals surface area (Å²) in [6.07, 6.45) is -2.44. The second-order valence-electron chi connectivity index (χ2n) is 2.29. The molecule has 0 spiro atoms. The normalized spacial score (nSPS) is 10.6. The van der Waals surface area contributed by atoms with Gasteiger partial charge in [-0.25, -0.2) is 13.8 Å². The molecule has 14 heavy (non-hydrogen) atoms. The lowest BCUT2D eigenvalue weighted by atomic mass is 10.3. The van der Waals surface area contributed by atoms with Gasteiger partial charge in [-0.1, -0.05) is 11.6 Å². The molecule has 76 valence electrons. The Bertz CT molecular complexity index is 432. The minimum atomic E-state index is -3.02. The van der Waals surface area contributed by atoms with Crippen LogP contribution in [0.4, 0.5) is 14.6 Å². The first kappa shape index (κ1) is 10.6. The highest BCUT2D eigenvalue weighted by Crippen LogP contribution is 2.21. The van der Waals surface area contributed by atoms with Crippen molar-refractivity contribution in [3.8, 4) is 0 Å². The van der Waals surface area contributed by atoms with Crippen LogP contribution in [0.2, 0.25) is 5.02 Å². The fourth-order valence-corrected chi connectivity index (χ4v) is 1.04. The Balaban J connectivity index is 3.42. The number of hydrogen-bond donors (Lipinski definition) is 1. The van der Waals surface area contributed by atoms with Gasteiger partial charge in [0, 0.05) is 0 Å². The predicted octanol–water partition coefficient (Wildman–Crippen LogP) is 1.87. The highest BCUT2D eigenvalue weighted by atomic mass is 35.5. The molecule has 0 aliphatic carbocycles. The molecule has 0 amide bonds. The quantitative estimate of drug-likeness (QED) is 0.615. The summed E-state index contributed by atoms with van der Waals surface area (Å²) in [6, 6.07) is 0. The molecular weight excluding hydrogens is 222 g/mol. The Morgan fingerprint density at radius 1 is 1.57 bits per heavy atom. The van der Waals surface area contributed by atoms with Crippen molar-refractivity contribution in [1.82, 2.24) is 4.98 Å². The number of aromatic nitrogens is 1. The zero-order chi connectivity index (χ0) is 10.9. The average Bonchev–Trinajstić information content (AvgIpc) is 2.08. The Kier molecular flexibility index (Phi) is 2.80. The molecule has 0 aliphatic rings. The summed E-state index contributed by atoms with van der Waals surface area (Å²) in [6.45, 7) is 0. The molecule has 0 radical (unpaired) electrons. The van der Waals surface area contributed by atoms with Crippen LogP contribution in [0, 0.1) is 10.1 Å². The molecular formula is C6H3ClF2N2O3. The number of H-pyrrole nitrogens is 1. The topological polar surface area (TPSA) is 76.0 Å². The second kappa shape index (κ2) is 3.70. The van der Waals surface area contributed by atoms with E-state index in [4.69, 9.17) is 11.6 Å². The van der Waals surface area contributed by atoms with E-state index in [0.29, 0.717) is 6.20 Å². The van der Waals surface area contributed by atoms with Crippen molar-refractivity contribution < 1.29 is 13.7 Å². The standard InChI is InChI=1S/C6H3ClF2N2O3/c7-3-4(12)2(5(8)9)1-10-6(3)11(13)14/h1,5H,(H,10,12). The third-order valence-corrected chi connectivity index (χ3v) is 1.80. The van der Waals surface area contributed by atoms with Crippen LogP contribution < -0.4 is 5.43 Å². The van der Waals surface area contributed by atoms with Gasteiger partial charge in [0.15, 0.2) is 5.02 Å². The van der Waals surface area contributed by atoms with Crippen LogP contribution in [0.25, 0.3) is 0 Å². The second-order valence-corrected chi connectivity index (χ2v) is 2.67. The Morgan fingerprint density at radius 2 is 2.14 bits per heavy atom. The van der Waals surface area contributed by atoms with Crippen LogP contribution in [0.5, 0.6) is 0 Å². The lowest BCUT2D eigenvalue weighted by molar-refractivity contribution is -0.389. The minimum Gasteiger partial charge on any atom is -0.358 e. The molecule has 0 unspecified atom stereocenters. The monoisotopic (exact) mass is 224 g/mol. The maximum atomic E-state index is 12.1. The lowest BCUT2D eigenvalue weighted by Crippen LogP contribution is -2.12. The number of halogens is 3. The van der Waals surface area contributed by atoms with E-state index in [9.17, 15) is 23.7 Å². The van der Waals surface area contributed by atoms with Gasteiger partial charge in [-0.2, -0.15) is 0 Å². The number of nitrogens with one attached hydrogen (secondary N) is 1. The number of nitrogens with zero attached hydrogens (tertiary/aromatic N) is 1. The predicted molar refractivity (Wildman–Crippen MR) is 43.7 cm³/mol. The first-order chi connectivity index (χ1) is 6.45. The molecule has 8 heteroatoms. The molecule has 5 nitrogen and oxygen atoms in total. The largest absolute Gasteiger partial charge is 0.358 e. The van der Waals surface area contributed by atoms with Crippen LogP contribution in [0.15, 0.2) is 11.0 Å². The summed E-state index contributed by atoms with van der Waals surface area (Å²) in [4.78, 5) is 22.2. The van der Waals surface area contributed by atoms with Gasteiger partial charge in [0.2, 0.25) is 5.43 Å². The van der Waals surface area contributed by atoms with Crippen LogP contribution in [0.1, 0.15) is 12.0 Å². The van der Waals surface area contributed by atoms with E-state index in [1.54, 1.807) is 0 Å². The van der Waals surface area contributed by atoms with Crippen LogP contribution in [-0.4, -0.2) is 9.91 Å². The van der Waals surface area contributed by atoms with Crippen LogP contribution >= 0.6 is 11.6 Å². The lowest BCUT2D eigenvalue weighted by Gasteiger charge is -1.99. The van der Waals surface area contributed by atoms with Crippen LogP contribution in [0.3, 0.4) is 0 Å². The van der Waals surface area contributed by atoms with Gasteiger partial charge in [0.1, 0.15) is 11.8 Å². The maximum Gasteiger partial charge on any atom is 0.343 e. The van der Waals surface area contributed by atoms with Gasteiger partial charge in [-0.05, 0) is 4.92 Å². The average molecular weight is 225 g/mol. The number of aromatic amines is 1. The van der Waals surface area contributed by atoms with Gasteiger partial charge in [0.05, 0.1) is 0 Å². The van der Waals surface area contributed by atoms with E-state index in [2.05, 4.69) is 0 Å². The number of rotatable bonds is 2. The molecule has 0 saturated carbocycles. The number of nitro groups is 1. The SMILES string of the molecule is O=c1c(C(F)F)c[nH]c([N+](=O)[O-])c1Cl. The molecule has 0 aliphatic heterocycles. The molecule has 1 heterocycles. The van der Waals surface area contributed by atoms with Gasteiger partial charge in [0.25, 0.3) is 6.43 Å². The summed E-state index contributed by atoms with van der Waals surface area (Å²) in [5, 5.41) is 9.38. The van der Waals surface area contributed by atoms with E-state index < -0.39 is 33.2 Å². The molecule has 1 rings (SSSR count). The molecule has 0 atom stereocenters. The fourth-order valence-electron chi connectivity index (χ4n) is 0.804. The zero-order valence-corrected chi connectivity index (χ0v) is 7.22. The van der Waals surface area contributed by atoms with E-state index in [1.807, 2.05) is 4.98 Å². The molecule has 0 fully saturated rings. The van der Waals surface area contributed by atoms with Gasteiger partial charge in [-0.15, -0.1) is 0 Å². The number of pyridine rings is 1. The highest BCUT2D eigenvalue weighted by molar-refractivity contribution is 6.32.